The molecule has 2 aromatic heterocycles. The minimum atomic E-state index is -0.436. The summed E-state index contributed by atoms with van der Waals surface area (Å²) in [5.74, 6) is 0. The predicted molar refractivity (Wildman–Crippen MR) is 60.4 cm³/mol. The molecular formula is C10H12N4O2. The smallest absolute Gasteiger partial charge is 0.328 e. The third-order valence-electron chi connectivity index (χ3n) is 2.38. The monoisotopic (exact) mass is 220 g/mol. The van der Waals surface area contributed by atoms with Gasteiger partial charge in [-0.3, -0.25) is 14.3 Å². The molecule has 0 atom stereocenters. The van der Waals surface area contributed by atoms with E-state index >= 15 is 0 Å². The van der Waals surface area contributed by atoms with Gasteiger partial charge in [0.05, 0.1) is 6.33 Å². The maximum absolute atomic E-state index is 11.6. The first-order chi connectivity index (χ1) is 7.65. The molecule has 0 aromatic carbocycles. The lowest BCUT2D eigenvalue weighted by Crippen LogP contribution is -2.30. The third-order valence-corrected chi connectivity index (χ3v) is 2.38. The molecule has 0 bridgehead atoms. The Morgan fingerprint density at radius 3 is 2.94 bits per heavy atom. The van der Waals surface area contributed by atoms with E-state index in [1.54, 1.807) is 11.6 Å². The molecule has 0 radical (unpaired) electrons. The van der Waals surface area contributed by atoms with Gasteiger partial charge in [0.1, 0.15) is 0 Å². The van der Waals surface area contributed by atoms with Crippen molar-refractivity contribution in [2.45, 2.75) is 13.5 Å². The van der Waals surface area contributed by atoms with Crippen molar-refractivity contribution in [3.63, 3.8) is 0 Å². The summed E-state index contributed by atoms with van der Waals surface area (Å²) in [6.45, 7) is 2.27. The lowest BCUT2D eigenvalue weighted by atomic mass is 10.4. The predicted octanol–water partition coefficient (Wildman–Crippen LogP) is -0.000600. The molecule has 2 aromatic rings. The molecular weight excluding hydrogens is 208 g/mol. The van der Waals surface area contributed by atoms with Gasteiger partial charge in [-0.05, 0) is 6.92 Å². The van der Waals surface area contributed by atoms with Crippen LogP contribution in [0.1, 0.15) is 6.92 Å². The summed E-state index contributed by atoms with van der Waals surface area (Å²) >= 11 is 0. The van der Waals surface area contributed by atoms with Crippen LogP contribution >= 0.6 is 0 Å². The van der Waals surface area contributed by atoms with E-state index in [1.807, 2.05) is 19.1 Å². The molecule has 6 nitrogen and oxygen atoms in total. The van der Waals surface area contributed by atoms with E-state index in [-0.39, 0.29) is 0 Å². The zero-order valence-corrected chi connectivity index (χ0v) is 9.10. The fourth-order valence-electron chi connectivity index (χ4n) is 1.58. The number of aryl methyl sites for hydroxylation is 1. The summed E-state index contributed by atoms with van der Waals surface area (Å²) in [5.41, 5.74) is -0.0236. The zero-order chi connectivity index (χ0) is 11.7. The quantitative estimate of drug-likeness (QED) is 0.724. The van der Waals surface area contributed by atoms with Crippen molar-refractivity contribution >= 4 is 11.2 Å². The lowest BCUT2D eigenvalue weighted by Gasteiger charge is -2.02. The molecule has 0 amide bonds. The maximum Gasteiger partial charge on any atom is 0.330 e. The molecule has 0 aliphatic heterocycles. The highest BCUT2D eigenvalue weighted by atomic mass is 16.2. The van der Waals surface area contributed by atoms with Crippen molar-refractivity contribution < 1.29 is 0 Å². The number of hydrogen-bond acceptors (Lipinski definition) is 3. The second kappa shape index (κ2) is 3.80. The van der Waals surface area contributed by atoms with Crippen molar-refractivity contribution in [2.24, 2.45) is 7.05 Å². The van der Waals surface area contributed by atoms with Crippen LogP contribution in [0.5, 0.6) is 0 Å². The number of fused-ring (bicyclic) bond motifs is 1. The van der Waals surface area contributed by atoms with Crippen LogP contribution < -0.4 is 11.2 Å². The Bertz CT molecular complexity index is 659. The fraction of sp³-hybridized carbons (Fsp3) is 0.300. The van der Waals surface area contributed by atoms with Crippen LogP contribution in [0.25, 0.3) is 11.2 Å². The highest BCUT2D eigenvalue weighted by molar-refractivity contribution is 5.69. The number of hydrogen-bond donors (Lipinski definition) is 1. The minimum absolute atomic E-state index is 0.402. The number of nitrogens with one attached hydrogen (secondary N) is 1. The van der Waals surface area contributed by atoms with Crippen LogP contribution in [-0.4, -0.2) is 19.1 Å². The molecule has 2 heterocycles. The van der Waals surface area contributed by atoms with Crippen LogP contribution in [-0.2, 0) is 13.6 Å². The standard InChI is InChI=1S/C10H12N4O2/c1-3-4-5-14-8-7(13(2)6-11-8)9(15)12-10(14)16/h3-4,6H,5H2,1-2H3,(H,12,15,16). The molecule has 0 aliphatic rings. The van der Waals surface area contributed by atoms with Gasteiger partial charge in [0.2, 0.25) is 0 Å². The number of rotatable bonds is 2. The molecule has 0 unspecified atom stereocenters. The van der Waals surface area contributed by atoms with E-state index in [2.05, 4.69) is 9.97 Å². The lowest BCUT2D eigenvalue weighted by molar-refractivity contribution is 0.763. The van der Waals surface area contributed by atoms with Gasteiger partial charge in [0.15, 0.2) is 11.2 Å². The van der Waals surface area contributed by atoms with Crippen LogP contribution in [0.2, 0.25) is 0 Å². The third kappa shape index (κ3) is 1.48. The van der Waals surface area contributed by atoms with E-state index in [4.69, 9.17) is 0 Å². The number of H-pyrrole nitrogens is 1. The summed E-state index contributed by atoms with van der Waals surface area (Å²) in [7, 11) is 1.72. The summed E-state index contributed by atoms with van der Waals surface area (Å²) in [4.78, 5) is 29.5. The van der Waals surface area contributed by atoms with Crippen LogP contribution in [0.4, 0.5) is 0 Å². The number of aromatic nitrogens is 4. The summed E-state index contributed by atoms with van der Waals surface area (Å²) in [6.07, 6.45) is 5.19. The molecule has 0 saturated heterocycles. The molecule has 0 fully saturated rings. The molecule has 2 rings (SSSR count). The molecule has 0 aliphatic carbocycles. The topological polar surface area (TPSA) is 72.7 Å². The zero-order valence-electron chi connectivity index (χ0n) is 9.10. The number of allylic oxidation sites excluding steroid dienone is 2. The fourth-order valence-corrected chi connectivity index (χ4v) is 1.58. The SMILES string of the molecule is CC=CCn1c(=O)[nH]c(=O)c2c1ncn2C. The van der Waals surface area contributed by atoms with E-state index in [0.717, 1.165) is 0 Å². The van der Waals surface area contributed by atoms with Gasteiger partial charge in [-0.25, -0.2) is 9.78 Å². The summed E-state index contributed by atoms with van der Waals surface area (Å²) in [6, 6.07) is 0. The van der Waals surface area contributed by atoms with Crippen LogP contribution in [0, 0.1) is 0 Å². The van der Waals surface area contributed by atoms with Crippen molar-refractivity contribution in [1.29, 1.82) is 0 Å². The largest absolute Gasteiger partial charge is 0.330 e. The first kappa shape index (κ1) is 10.4. The van der Waals surface area contributed by atoms with Gasteiger partial charge >= 0.3 is 5.69 Å². The van der Waals surface area contributed by atoms with E-state index in [0.29, 0.717) is 17.7 Å². The average Bonchev–Trinajstić information content (AvgIpc) is 2.61. The maximum atomic E-state index is 11.6. The Labute approximate surface area is 90.9 Å². The first-order valence-corrected chi connectivity index (χ1v) is 4.90. The molecule has 0 saturated carbocycles. The number of imidazole rings is 1. The van der Waals surface area contributed by atoms with Crippen molar-refractivity contribution in [1.82, 2.24) is 19.1 Å². The Morgan fingerprint density at radius 2 is 2.25 bits per heavy atom. The molecule has 6 heteroatoms. The van der Waals surface area contributed by atoms with Gasteiger partial charge in [-0.1, -0.05) is 12.2 Å². The molecule has 1 N–H and O–H groups in total. The number of nitrogens with zero attached hydrogens (tertiary/aromatic N) is 3. The van der Waals surface area contributed by atoms with E-state index < -0.39 is 11.2 Å². The summed E-state index contributed by atoms with van der Waals surface area (Å²) in [5, 5.41) is 0. The van der Waals surface area contributed by atoms with Gasteiger partial charge in [-0.2, -0.15) is 0 Å². The second-order valence-corrected chi connectivity index (χ2v) is 3.47. The molecule has 84 valence electrons. The van der Waals surface area contributed by atoms with Gasteiger partial charge < -0.3 is 4.57 Å². The Morgan fingerprint density at radius 1 is 1.50 bits per heavy atom. The second-order valence-electron chi connectivity index (χ2n) is 3.47. The highest BCUT2D eigenvalue weighted by Gasteiger charge is 2.10. The van der Waals surface area contributed by atoms with Crippen molar-refractivity contribution in [3.05, 3.63) is 39.3 Å². The average molecular weight is 220 g/mol. The Hall–Kier alpha value is -2.11. The first-order valence-electron chi connectivity index (χ1n) is 4.90. The van der Waals surface area contributed by atoms with Gasteiger partial charge in [0, 0.05) is 13.6 Å². The number of aromatic amines is 1. The van der Waals surface area contributed by atoms with Crippen molar-refractivity contribution in [3.8, 4) is 0 Å². The van der Waals surface area contributed by atoms with E-state index in [9.17, 15) is 9.59 Å². The van der Waals surface area contributed by atoms with Crippen molar-refractivity contribution in [2.75, 3.05) is 0 Å². The highest BCUT2D eigenvalue weighted by Crippen LogP contribution is 2.03. The molecule has 0 spiro atoms. The molecule has 16 heavy (non-hydrogen) atoms. The Kier molecular flexibility index (Phi) is 2.47. The minimum Gasteiger partial charge on any atom is -0.328 e. The van der Waals surface area contributed by atoms with Crippen LogP contribution in [0.15, 0.2) is 28.1 Å². The van der Waals surface area contributed by atoms with Gasteiger partial charge in [-0.15, -0.1) is 0 Å². The van der Waals surface area contributed by atoms with E-state index in [1.165, 1.54) is 10.9 Å². The van der Waals surface area contributed by atoms with Gasteiger partial charge in [0.25, 0.3) is 5.56 Å². The summed E-state index contributed by atoms with van der Waals surface area (Å²) < 4.78 is 3.02. The van der Waals surface area contributed by atoms with Crippen LogP contribution in [0.3, 0.4) is 0 Å². The Balaban J connectivity index is 2.82. The normalized spacial score (nSPS) is 11.6.